The molecule has 2 aromatic carbocycles. The number of hydrogen-bond donors (Lipinski definition) is 2. The van der Waals surface area contributed by atoms with Gasteiger partial charge in [-0.2, -0.15) is 0 Å². The van der Waals surface area contributed by atoms with Crippen LogP contribution in [0.15, 0.2) is 66.9 Å². The highest BCUT2D eigenvalue weighted by molar-refractivity contribution is 5.91. The van der Waals surface area contributed by atoms with Gasteiger partial charge in [-0.25, -0.2) is 0 Å². The predicted molar refractivity (Wildman–Crippen MR) is 83.6 cm³/mol. The molecular weight excluding hydrogens is 246 g/mol. The second kappa shape index (κ2) is 5.72. The highest BCUT2D eigenvalue weighted by atomic mass is 14.9. The maximum absolute atomic E-state index is 5.92. The van der Waals surface area contributed by atoms with Gasteiger partial charge in [-0.3, -0.25) is 4.98 Å². The van der Waals surface area contributed by atoms with Crippen LogP contribution < -0.4 is 11.1 Å². The minimum atomic E-state index is 0.0991. The fourth-order valence-electron chi connectivity index (χ4n) is 2.37. The topological polar surface area (TPSA) is 50.9 Å². The third-order valence-corrected chi connectivity index (χ3v) is 3.42. The Bertz CT molecular complexity index is 689. The number of para-hydroxylation sites is 1. The van der Waals surface area contributed by atoms with Gasteiger partial charge in [-0.05, 0) is 17.7 Å². The Kier molecular flexibility index (Phi) is 3.61. The largest absolute Gasteiger partial charge is 0.376 e. The number of nitrogens with zero attached hydrogens (tertiary/aromatic N) is 1. The Hall–Kier alpha value is -2.39. The van der Waals surface area contributed by atoms with Gasteiger partial charge in [0, 0.05) is 23.8 Å². The van der Waals surface area contributed by atoms with Crippen molar-refractivity contribution in [1.29, 1.82) is 0 Å². The highest BCUT2D eigenvalue weighted by Gasteiger charge is 2.10. The molecule has 0 aliphatic heterocycles. The lowest BCUT2D eigenvalue weighted by Gasteiger charge is -2.19. The Morgan fingerprint density at radius 3 is 2.50 bits per heavy atom. The summed E-state index contributed by atoms with van der Waals surface area (Å²) in [7, 11) is 0. The molecule has 0 spiro atoms. The first-order valence-corrected chi connectivity index (χ1v) is 6.74. The Labute approximate surface area is 118 Å². The average molecular weight is 263 g/mol. The van der Waals surface area contributed by atoms with E-state index in [0.717, 1.165) is 16.6 Å². The summed E-state index contributed by atoms with van der Waals surface area (Å²) in [5.74, 6) is 0. The summed E-state index contributed by atoms with van der Waals surface area (Å²) < 4.78 is 0. The molecule has 0 saturated heterocycles. The van der Waals surface area contributed by atoms with Gasteiger partial charge in [0.25, 0.3) is 0 Å². The maximum atomic E-state index is 5.92. The number of fused-ring (bicyclic) bond motifs is 1. The van der Waals surface area contributed by atoms with Crippen LogP contribution in [0.3, 0.4) is 0 Å². The van der Waals surface area contributed by atoms with Crippen molar-refractivity contribution in [3.8, 4) is 0 Å². The van der Waals surface area contributed by atoms with Gasteiger partial charge in [-0.1, -0.05) is 48.5 Å². The normalized spacial score (nSPS) is 12.2. The standard InChI is InChI=1S/C17H17N3/c18-12-17(13-6-2-1-3-7-13)20-16-10-11-19-15-9-5-4-8-14(15)16/h1-11,17H,12,18H2,(H,19,20). The second-order valence-corrected chi connectivity index (χ2v) is 4.72. The Morgan fingerprint density at radius 2 is 1.70 bits per heavy atom. The molecule has 3 aromatic rings. The van der Waals surface area contributed by atoms with Crippen LogP contribution in [0.5, 0.6) is 0 Å². The summed E-state index contributed by atoms with van der Waals surface area (Å²) in [6.45, 7) is 0.542. The van der Waals surface area contributed by atoms with Gasteiger partial charge >= 0.3 is 0 Å². The molecule has 1 unspecified atom stereocenters. The van der Waals surface area contributed by atoms with Crippen molar-refractivity contribution < 1.29 is 0 Å². The van der Waals surface area contributed by atoms with E-state index >= 15 is 0 Å². The number of pyridine rings is 1. The average Bonchev–Trinajstić information content (AvgIpc) is 2.53. The minimum Gasteiger partial charge on any atom is -0.376 e. The van der Waals surface area contributed by atoms with E-state index in [-0.39, 0.29) is 6.04 Å². The van der Waals surface area contributed by atoms with E-state index in [9.17, 15) is 0 Å². The monoisotopic (exact) mass is 263 g/mol. The van der Waals surface area contributed by atoms with Crippen LogP contribution in [-0.2, 0) is 0 Å². The van der Waals surface area contributed by atoms with Crippen molar-refractivity contribution in [3.05, 3.63) is 72.4 Å². The van der Waals surface area contributed by atoms with E-state index in [1.54, 1.807) is 0 Å². The number of hydrogen-bond acceptors (Lipinski definition) is 3. The van der Waals surface area contributed by atoms with Gasteiger partial charge < -0.3 is 11.1 Å². The molecule has 100 valence electrons. The van der Waals surface area contributed by atoms with Crippen molar-refractivity contribution in [3.63, 3.8) is 0 Å². The molecule has 0 saturated carbocycles. The zero-order valence-corrected chi connectivity index (χ0v) is 11.2. The quantitative estimate of drug-likeness (QED) is 0.759. The predicted octanol–water partition coefficient (Wildman–Crippen LogP) is 3.35. The highest BCUT2D eigenvalue weighted by Crippen LogP contribution is 2.25. The van der Waals surface area contributed by atoms with Gasteiger partial charge in [0.05, 0.1) is 11.6 Å². The fourth-order valence-corrected chi connectivity index (χ4v) is 2.37. The summed E-state index contributed by atoms with van der Waals surface area (Å²) in [6.07, 6.45) is 1.82. The molecule has 20 heavy (non-hydrogen) atoms. The minimum absolute atomic E-state index is 0.0991. The number of nitrogens with two attached hydrogens (primary N) is 1. The summed E-state index contributed by atoms with van der Waals surface area (Å²) in [5.41, 5.74) is 9.16. The molecular formula is C17H17N3. The molecule has 3 nitrogen and oxygen atoms in total. The Morgan fingerprint density at radius 1 is 0.950 bits per heavy atom. The summed E-state index contributed by atoms with van der Waals surface area (Å²) in [6, 6.07) is 20.5. The number of nitrogens with one attached hydrogen (secondary N) is 1. The molecule has 1 aromatic heterocycles. The first-order valence-electron chi connectivity index (χ1n) is 6.74. The Balaban J connectivity index is 1.96. The van der Waals surface area contributed by atoms with Gasteiger partial charge in [-0.15, -0.1) is 0 Å². The number of rotatable bonds is 4. The van der Waals surface area contributed by atoms with Crippen molar-refractivity contribution in [1.82, 2.24) is 4.98 Å². The first-order chi connectivity index (χ1) is 9.88. The molecule has 0 fully saturated rings. The molecule has 1 atom stereocenters. The maximum Gasteiger partial charge on any atom is 0.0722 e. The number of benzene rings is 2. The van der Waals surface area contributed by atoms with Crippen LogP contribution in [-0.4, -0.2) is 11.5 Å². The van der Waals surface area contributed by atoms with Crippen molar-refractivity contribution in [2.75, 3.05) is 11.9 Å². The molecule has 0 aliphatic rings. The van der Waals surface area contributed by atoms with Crippen molar-refractivity contribution in [2.45, 2.75) is 6.04 Å². The molecule has 3 heteroatoms. The molecule has 0 aliphatic carbocycles. The molecule has 0 bridgehead atoms. The van der Waals surface area contributed by atoms with E-state index in [4.69, 9.17) is 5.73 Å². The van der Waals surface area contributed by atoms with Crippen LogP contribution in [0.25, 0.3) is 10.9 Å². The lowest BCUT2D eigenvalue weighted by molar-refractivity contribution is 0.791. The number of aromatic nitrogens is 1. The van der Waals surface area contributed by atoms with E-state index in [1.165, 1.54) is 5.56 Å². The van der Waals surface area contributed by atoms with Crippen LogP contribution in [0.2, 0.25) is 0 Å². The SMILES string of the molecule is NCC(Nc1ccnc2ccccc12)c1ccccc1. The van der Waals surface area contributed by atoms with Crippen LogP contribution in [0.4, 0.5) is 5.69 Å². The van der Waals surface area contributed by atoms with Crippen LogP contribution in [0, 0.1) is 0 Å². The molecule has 0 radical (unpaired) electrons. The zero-order valence-electron chi connectivity index (χ0n) is 11.2. The third-order valence-electron chi connectivity index (χ3n) is 3.42. The van der Waals surface area contributed by atoms with E-state index in [0.29, 0.717) is 6.54 Å². The fraction of sp³-hybridized carbons (Fsp3) is 0.118. The van der Waals surface area contributed by atoms with E-state index in [1.807, 2.05) is 48.7 Å². The lowest BCUT2D eigenvalue weighted by Crippen LogP contribution is -2.20. The van der Waals surface area contributed by atoms with Crippen LogP contribution >= 0.6 is 0 Å². The van der Waals surface area contributed by atoms with Crippen molar-refractivity contribution in [2.24, 2.45) is 5.73 Å². The van der Waals surface area contributed by atoms with Gasteiger partial charge in [0.1, 0.15) is 0 Å². The van der Waals surface area contributed by atoms with Gasteiger partial charge in [0.2, 0.25) is 0 Å². The first kappa shape index (κ1) is 12.6. The smallest absolute Gasteiger partial charge is 0.0722 e. The summed E-state index contributed by atoms with van der Waals surface area (Å²) >= 11 is 0. The summed E-state index contributed by atoms with van der Waals surface area (Å²) in [5, 5.41) is 4.64. The molecule has 1 heterocycles. The van der Waals surface area contributed by atoms with Crippen LogP contribution in [0.1, 0.15) is 11.6 Å². The van der Waals surface area contributed by atoms with E-state index < -0.39 is 0 Å². The molecule has 0 amide bonds. The molecule has 3 rings (SSSR count). The lowest BCUT2D eigenvalue weighted by atomic mass is 10.1. The summed E-state index contributed by atoms with van der Waals surface area (Å²) in [4.78, 5) is 4.38. The van der Waals surface area contributed by atoms with Crippen molar-refractivity contribution >= 4 is 16.6 Å². The second-order valence-electron chi connectivity index (χ2n) is 4.72. The zero-order chi connectivity index (χ0) is 13.8. The third kappa shape index (κ3) is 2.49. The van der Waals surface area contributed by atoms with E-state index in [2.05, 4.69) is 28.5 Å². The van der Waals surface area contributed by atoms with Gasteiger partial charge in [0.15, 0.2) is 0 Å². The molecule has 3 N–H and O–H groups in total. The number of anilines is 1.